The quantitative estimate of drug-likeness (QED) is 0.546. The van der Waals surface area contributed by atoms with Crippen LogP contribution in [0.4, 0.5) is 10.1 Å². The lowest BCUT2D eigenvalue weighted by atomic mass is 10.1. The van der Waals surface area contributed by atoms with E-state index in [9.17, 15) is 17.6 Å². The Kier molecular flexibility index (Phi) is 5.70. The average molecular weight is 431 g/mol. The number of carboxylic acids is 1. The van der Waals surface area contributed by atoms with Crippen molar-refractivity contribution in [2.45, 2.75) is 0 Å². The molecule has 0 saturated heterocycles. The van der Waals surface area contributed by atoms with Gasteiger partial charge in [0.2, 0.25) is 15.8 Å². The number of hydrogen-bond donors (Lipinski definition) is 2. The van der Waals surface area contributed by atoms with Crippen LogP contribution in [0.15, 0.2) is 40.9 Å². The zero-order valence-corrected chi connectivity index (χ0v) is 16.2. The van der Waals surface area contributed by atoms with Gasteiger partial charge < -0.3 is 14.4 Å². The molecule has 0 spiro atoms. The molecule has 0 aliphatic heterocycles. The first-order chi connectivity index (χ1) is 14.2. The summed E-state index contributed by atoms with van der Waals surface area (Å²) in [6.45, 7) is -0.0691. The SMILES string of the molecule is C#CCOc1ccc(-c2nc(-c3ccc(C(=O)O)c(F)c3)no2)cc1NS(C)(=O)=O. The molecule has 2 N–H and O–H groups in total. The van der Waals surface area contributed by atoms with E-state index >= 15 is 0 Å². The second-order valence-electron chi connectivity index (χ2n) is 6.00. The lowest BCUT2D eigenvalue weighted by Gasteiger charge is -2.11. The molecule has 9 nitrogen and oxygen atoms in total. The summed E-state index contributed by atoms with van der Waals surface area (Å²) in [6.07, 6.45) is 6.14. The van der Waals surface area contributed by atoms with Crippen LogP contribution in [0.3, 0.4) is 0 Å². The Hall–Kier alpha value is -3.91. The Morgan fingerprint density at radius 2 is 2.03 bits per heavy atom. The van der Waals surface area contributed by atoms with E-state index in [0.29, 0.717) is 5.56 Å². The summed E-state index contributed by atoms with van der Waals surface area (Å²) in [5.41, 5.74) is 0.190. The molecule has 1 heterocycles. The first kappa shape index (κ1) is 20.8. The van der Waals surface area contributed by atoms with Gasteiger partial charge >= 0.3 is 5.97 Å². The van der Waals surface area contributed by atoms with Crippen LogP contribution in [-0.4, -0.2) is 42.5 Å². The summed E-state index contributed by atoms with van der Waals surface area (Å²) < 4.78 is 50.0. The van der Waals surface area contributed by atoms with Crippen molar-refractivity contribution < 1.29 is 32.0 Å². The van der Waals surface area contributed by atoms with Gasteiger partial charge in [-0.25, -0.2) is 17.6 Å². The average Bonchev–Trinajstić information content (AvgIpc) is 3.15. The maximum absolute atomic E-state index is 13.9. The van der Waals surface area contributed by atoms with Crippen LogP contribution in [0.25, 0.3) is 22.8 Å². The third-order valence-electron chi connectivity index (χ3n) is 3.72. The lowest BCUT2D eigenvalue weighted by Crippen LogP contribution is -2.11. The van der Waals surface area contributed by atoms with E-state index < -0.39 is 27.4 Å². The van der Waals surface area contributed by atoms with Gasteiger partial charge in [-0.05, 0) is 36.4 Å². The van der Waals surface area contributed by atoms with Crippen molar-refractivity contribution in [3.8, 4) is 40.9 Å². The number of halogens is 1. The number of benzene rings is 2. The summed E-state index contributed by atoms with van der Waals surface area (Å²) in [4.78, 5) is 15.1. The van der Waals surface area contributed by atoms with E-state index in [-0.39, 0.29) is 35.3 Å². The second kappa shape index (κ2) is 8.22. The summed E-state index contributed by atoms with van der Waals surface area (Å²) >= 11 is 0. The van der Waals surface area contributed by atoms with Crippen molar-refractivity contribution in [3.63, 3.8) is 0 Å². The van der Waals surface area contributed by atoms with E-state index in [2.05, 4.69) is 20.8 Å². The highest BCUT2D eigenvalue weighted by Gasteiger charge is 2.17. The normalized spacial score (nSPS) is 11.0. The van der Waals surface area contributed by atoms with Crippen molar-refractivity contribution in [1.29, 1.82) is 0 Å². The van der Waals surface area contributed by atoms with Gasteiger partial charge in [-0.2, -0.15) is 4.98 Å². The summed E-state index contributed by atoms with van der Waals surface area (Å²) in [5.74, 6) is 0.184. The van der Waals surface area contributed by atoms with Crippen molar-refractivity contribution in [3.05, 3.63) is 47.8 Å². The minimum Gasteiger partial charge on any atom is -0.479 e. The highest BCUT2D eigenvalue weighted by Crippen LogP contribution is 2.32. The molecule has 154 valence electrons. The van der Waals surface area contributed by atoms with E-state index in [0.717, 1.165) is 18.4 Å². The number of aromatic nitrogens is 2. The molecule has 30 heavy (non-hydrogen) atoms. The van der Waals surface area contributed by atoms with Crippen LogP contribution in [-0.2, 0) is 10.0 Å². The third kappa shape index (κ3) is 4.73. The van der Waals surface area contributed by atoms with Gasteiger partial charge in [-0.3, -0.25) is 4.72 Å². The number of terminal acetylenes is 1. The van der Waals surface area contributed by atoms with E-state index in [4.69, 9.17) is 20.8 Å². The number of carbonyl (C=O) groups is 1. The van der Waals surface area contributed by atoms with Gasteiger partial charge in [-0.15, -0.1) is 6.42 Å². The predicted octanol–water partition coefficient (Wildman–Crippen LogP) is 2.62. The fourth-order valence-corrected chi connectivity index (χ4v) is 3.03. The number of ether oxygens (including phenoxy) is 1. The summed E-state index contributed by atoms with van der Waals surface area (Å²) in [7, 11) is -3.62. The number of hydrogen-bond acceptors (Lipinski definition) is 7. The fourth-order valence-electron chi connectivity index (χ4n) is 2.47. The second-order valence-corrected chi connectivity index (χ2v) is 7.75. The largest absolute Gasteiger partial charge is 0.479 e. The standard InChI is InChI=1S/C19H14FN3O6S/c1-3-8-28-16-7-5-12(10-15(16)23-30(2,26)27)18-21-17(22-29-18)11-4-6-13(19(24)25)14(20)9-11/h1,4-7,9-10,23H,8H2,2H3,(H,24,25). The number of nitrogens with one attached hydrogen (secondary N) is 1. The Morgan fingerprint density at radius 3 is 2.67 bits per heavy atom. The van der Waals surface area contributed by atoms with Crippen LogP contribution in [0.1, 0.15) is 10.4 Å². The van der Waals surface area contributed by atoms with Crippen molar-refractivity contribution in [2.24, 2.45) is 0 Å². The molecule has 3 aromatic rings. The van der Waals surface area contributed by atoms with E-state index in [1.54, 1.807) is 6.07 Å². The molecular weight excluding hydrogens is 417 g/mol. The maximum Gasteiger partial charge on any atom is 0.338 e. The van der Waals surface area contributed by atoms with Gasteiger partial charge in [-0.1, -0.05) is 11.1 Å². The molecule has 0 unspecified atom stereocenters. The third-order valence-corrected chi connectivity index (χ3v) is 4.31. The molecule has 0 aliphatic carbocycles. The number of aromatic carboxylic acids is 1. The van der Waals surface area contributed by atoms with Gasteiger partial charge in [0.05, 0.1) is 17.5 Å². The van der Waals surface area contributed by atoms with Crippen molar-refractivity contribution in [2.75, 3.05) is 17.6 Å². The predicted molar refractivity (Wildman–Crippen MR) is 105 cm³/mol. The van der Waals surface area contributed by atoms with Crippen molar-refractivity contribution >= 4 is 21.7 Å². The Labute approximate surface area is 170 Å². The van der Waals surface area contributed by atoms with Gasteiger partial charge in [0.25, 0.3) is 5.89 Å². The summed E-state index contributed by atoms with van der Waals surface area (Å²) in [5, 5.41) is 12.7. The van der Waals surface area contributed by atoms with E-state index in [1.165, 1.54) is 18.2 Å². The Balaban J connectivity index is 1.96. The molecule has 0 fully saturated rings. The maximum atomic E-state index is 13.9. The van der Waals surface area contributed by atoms with Crippen LogP contribution in [0, 0.1) is 18.2 Å². The topological polar surface area (TPSA) is 132 Å². The molecule has 3 rings (SSSR count). The molecule has 0 saturated carbocycles. The number of carboxylic acid groups (broad SMARTS) is 1. The molecule has 2 aromatic carbocycles. The smallest absolute Gasteiger partial charge is 0.338 e. The molecule has 0 radical (unpaired) electrons. The Morgan fingerprint density at radius 1 is 1.30 bits per heavy atom. The fraction of sp³-hybridized carbons (Fsp3) is 0.105. The highest BCUT2D eigenvalue weighted by molar-refractivity contribution is 7.92. The zero-order valence-electron chi connectivity index (χ0n) is 15.4. The van der Waals surface area contributed by atoms with Gasteiger partial charge in [0, 0.05) is 11.1 Å². The zero-order chi connectivity index (χ0) is 21.9. The molecule has 0 amide bonds. The number of nitrogens with zero attached hydrogens (tertiary/aromatic N) is 2. The molecule has 0 atom stereocenters. The first-order valence-corrected chi connectivity index (χ1v) is 10.1. The minimum absolute atomic E-state index is 0.0196. The molecule has 1 aromatic heterocycles. The lowest BCUT2D eigenvalue weighted by molar-refractivity contribution is 0.0692. The number of rotatable bonds is 7. The van der Waals surface area contributed by atoms with Crippen molar-refractivity contribution in [1.82, 2.24) is 10.1 Å². The van der Waals surface area contributed by atoms with Crippen LogP contribution in [0.2, 0.25) is 0 Å². The number of sulfonamides is 1. The number of anilines is 1. The van der Waals surface area contributed by atoms with E-state index in [1.807, 2.05) is 0 Å². The van der Waals surface area contributed by atoms with Gasteiger partial charge in [0.1, 0.15) is 18.2 Å². The van der Waals surface area contributed by atoms with Gasteiger partial charge in [0.15, 0.2) is 0 Å². The monoisotopic (exact) mass is 431 g/mol. The first-order valence-electron chi connectivity index (χ1n) is 8.23. The Bertz CT molecular complexity index is 1260. The highest BCUT2D eigenvalue weighted by atomic mass is 32.2. The molecule has 0 bridgehead atoms. The molecule has 11 heteroatoms. The van der Waals surface area contributed by atoms with Crippen LogP contribution < -0.4 is 9.46 Å². The summed E-state index contributed by atoms with van der Waals surface area (Å²) in [6, 6.07) is 7.85. The molecular formula is C19H14FN3O6S. The van der Waals surface area contributed by atoms with Crippen LogP contribution >= 0.6 is 0 Å². The van der Waals surface area contributed by atoms with Crippen LogP contribution in [0.5, 0.6) is 5.75 Å². The molecule has 0 aliphatic rings. The minimum atomic E-state index is -3.62.